The highest BCUT2D eigenvalue weighted by Gasteiger charge is 2.42. The van der Waals surface area contributed by atoms with E-state index in [1.807, 2.05) is 18.2 Å². The maximum Gasteiger partial charge on any atom is 0.129 e. The molecule has 0 bridgehead atoms. The normalized spacial score (nSPS) is 29.2. The molecule has 2 rings (SSSR count). The van der Waals surface area contributed by atoms with Crippen molar-refractivity contribution in [3.8, 4) is 0 Å². The van der Waals surface area contributed by atoms with Crippen LogP contribution in [0.15, 0.2) is 30.3 Å². The minimum atomic E-state index is -0.756. The minimum absolute atomic E-state index is 0.110. The number of benzene rings is 1. The van der Waals surface area contributed by atoms with Crippen molar-refractivity contribution < 1.29 is 15.3 Å². The molecule has 2 unspecified atom stereocenters. The van der Waals surface area contributed by atoms with Crippen LogP contribution < -0.4 is 0 Å². The van der Waals surface area contributed by atoms with E-state index in [9.17, 15) is 5.11 Å². The second-order valence-electron chi connectivity index (χ2n) is 4.95. The minimum Gasteiger partial charge on any atom is -0.393 e. The summed E-state index contributed by atoms with van der Waals surface area (Å²) in [6, 6.07) is 10.2. The summed E-state index contributed by atoms with van der Waals surface area (Å²) in [6.45, 7) is -0.110. The van der Waals surface area contributed by atoms with Crippen LogP contribution in [0, 0.1) is 5.92 Å². The van der Waals surface area contributed by atoms with Gasteiger partial charge in [0, 0.05) is 0 Å². The van der Waals surface area contributed by atoms with Crippen molar-refractivity contribution >= 4 is 0 Å². The highest BCUT2D eigenvalue weighted by Crippen LogP contribution is 2.38. The van der Waals surface area contributed by atoms with E-state index < -0.39 is 5.60 Å². The summed E-state index contributed by atoms with van der Waals surface area (Å²) in [6.07, 6.45) is 4.73. The zero-order chi connectivity index (χ0) is 12.1. The highest BCUT2D eigenvalue weighted by atomic mass is 17.1. The molecule has 2 N–H and O–H groups in total. The van der Waals surface area contributed by atoms with Gasteiger partial charge in [-0.2, -0.15) is 0 Å². The fraction of sp³-hybridized carbons (Fsp3) is 0.571. The molecule has 1 aromatic rings. The second-order valence-corrected chi connectivity index (χ2v) is 4.95. The maximum absolute atomic E-state index is 9.50. The third-order valence-corrected chi connectivity index (χ3v) is 3.92. The Bertz CT molecular complexity index is 333. The Hall–Kier alpha value is -0.900. The van der Waals surface area contributed by atoms with Gasteiger partial charge in [-0.15, -0.1) is 0 Å². The molecule has 1 fully saturated rings. The van der Waals surface area contributed by atoms with Gasteiger partial charge in [0.25, 0.3) is 0 Å². The van der Waals surface area contributed by atoms with Gasteiger partial charge >= 0.3 is 0 Å². The van der Waals surface area contributed by atoms with Crippen LogP contribution in [0.4, 0.5) is 0 Å². The zero-order valence-electron chi connectivity index (χ0n) is 10.0. The van der Waals surface area contributed by atoms with Crippen molar-refractivity contribution in [1.29, 1.82) is 0 Å². The summed E-state index contributed by atoms with van der Waals surface area (Å²) in [5.41, 5.74) is 0.475. The molecule has 94 valence electrons. The van der Waals surface area contributed by atoms with E-state index in [0.29, 0.717) is 0 Å². The standard InChI is InChI=1S/C14H20O3/c15-11-14(17-16)9-5-4-8-13(14)10-12-6-2-1-3-7-12/h1-3,6-7,13,15-16H,4-5,8-11H2. The molecule has 2 atom stereocenters. The molecule has 3 nitrogen and oxygen atoms in total. The van der Waals surface area contributed by atoms with Gasteiger partial charge in [0.15, 0.2) is 0 Å². The predicted octanol–water partition coefficient (Wildman–Crippen LogP) is 2.64. The Kier molecular flexibility index (Phi) is 4.15. The number of rotatable bonds is 4. The Labute approximate surface area is 102 Å². The van der Waals surface area contributed by atoms with E-state index in [1.54, 1.807) is 0 Å². The fourth-order valence-corrected chi connectivity index (χ4v) is 2.83. The van der Waals surface area contributed by atoms with Gasteiger partial charge in [-0.1, -0.05) is 43.2 Å². The fourth-order valence-electron chi connectivity index (χ4n) is 2.83. The number of hydrogen-bond donors (Lipinski definition) is 2. The second kappa shape index (κ2) is 5.63. The average molecular weight is 236 g/mol. The van der Waals surface area contributed by atoms with Crippen molar-refractivity contribution in [2.24, 2.45) is 5.92 Å². The van der Waals surface area contributed by atoms with Crippen LogP contribution >= 0.6 is 0 Å². The molecule has 0 saturated heterocycles. The van der Waals surface area contributed by atoms with Crippen LogP contribution in [0.25, 0.3) is 0 Å². The molecule has 0 aromatic heterocycles. The van der Waals surface area contributed by atoms with E-state index in [2.05, 4.69) is 17.0 Å². The molecule has 1 aliphatic carbocycles. The first-order chi connectivity index (χ1) is 8.30. The first kappa shape index (κ1) is 12.6. The summed E-state index contributed by atoms with van der Waals surface area (Å²) >= 11 is 0. The summed E-state index contributed by atoms with van der Waals surface area (Å²) in [5, 5.41) is 18.6. The van der Waals surface area contributed by atoms with Gasteiger partial charge in [-0.25, -0.2) is 4.89 Å². The summed E-state index contributed by atoms with van der Waals surface area (Å²) < 4.78 is 0. The number of aliphatic hydroxyl groups is 1. The van der Waals surface area contributed by atoms with Gasteiger partial charge in [-0.3, -0.25) is 5.26 Å². The van der Waals surface area contributed by atoms with Gasteiger partial charge in [0.05, 0.1) is 6.61 Å². The molecule has 0 amide bonds. The zero-order valence-corrected chi connectivity index (χ0v) is 10.0. The van der Waals surface area contributed by atoms with E-state index in [4.69, 9.17) is 5.26 Å². The summed E-state index contributed by atoms with van der Waals surface area (Å²) in [4.78, 5) is 4.66. The van der Waals surface area contributed by atoms with Crippen molar-refractivity contribution in [3.05, 3.63) is 35.9 Å². The maximum atomic E-state index is 9.50. The van der Waals surface area contributed by atoms with E-state index in [-0.39, 0.29) is 12.5 Å². The van der Waals surface area contributed by atoms with E-state index >= 15 is 0 Å². The first-order valence-electron chi connectivity index (χ1n) is 6.28. The summed E-state index contributed by atoms with van der Waals surface area (Å²) in [5.74, 6) is 0.189. The Morgan fingerprint density at radius 1 is 1.24 bits per heavy atom. The lowest BCUT2D eigenvalue weighted by Gasteiger charge is -2.40. The molecular weight excluding hydrogens is 216 g/mol. The number of hydrogen-bond acceptors (Lipinski definition) is 3. The SMILES string of the molecule is OCC1(OO)CCCCC1Cc1ccccc1. The number of aliphatic hydroxyl groups excluding tert-OH is 1. The van der Waals surface area contributed by atoms with Crippen molar-refractivity contribution in [3.63, 3.8) is 0 Å². The van der Waals surface area contributed by atoms with Crippen LogP contribution in [0.5, 0.6) is 0 Å². The van der Waals surface area contributed by atoms with Crippen LogP contribution in [-0.2, 0) is 11.3 Å². The molecule has 0 spiro atoms. The third-order valence-electron chi connectivity index (χ3n) is 3.92. The average Bonchev–Trinajstić information content (AvgIpc) is 2.41. The molecule has 3 heteroatoms. The molecule has 1 saturated carbocycles. The largest absolute Gasteiger partial charge is 0.393 e. The van der Waals surface area contributed by atoms with Gasteiger partial charge in [0.2, 0.25) is 0 Å². The lowest BCUT2D eigenvalue weighted by atomic mass is 9.73. The topological polar surface area (TPSA) is 49.7 Å². The monoisotopic (exact) mass is 236 g/mol. The molecular formula is C14H20O3. The van der Waals surface area contributed by atoms with Gasteiger partial charge in [-0.05, 0) is 30.7 Å². The summed E-state index contributed by atoms with van der Waals surface area (Å²) in [7, 11) is 0. The lowest BCUT2D eigenvalue weighted by molar-refractivity contribution is -0.351. The van der Waals surface area contributed by atoms with Crippen LogP contribution in [-0.4, -0.2) is 22.6 Å². The van der Waals surface area contributed by atoms with E-state index in [1.165, 1.54) is 5.56 Å². The van der Waals surface area contributed by atoms with Gasteiger partial charge < -0.3 is 5.11 Å². The lowest BCUT2D eigenvalue weighted by Crippen LogP contribution is -2.47. The van der Waals surface area contributed by atoms with Gasteiger partial charge in [0.1, 0.15) is 5.60 Å². The smallest absolute Gasteiger partial charge is 0.129 e. The molecule has 17 heavy (non-hydrogen) atoms. The Morgan fingerprint density at radius 3 is 2.65 bits per heavy atom. The molecule has 0 heterocycles. The predicted molar refractivity (Wildman–Crippen MR) is 65.6 cm³/mol. The van der Waals surface area contributed by atoms with Crippen LogP contribution in [0.2, 0.25) is 0 Å². The van der Waals surface area contributed by atoms with E-state index in [0.717, 1.165) is 32.1 Å². The quantitative estimate of drug-likeness (QED) is 0.624. The molecule has 1 aliphatic rings. The van der Waals surface area contributed by atoms with Crippen LogP contribution in [0.3, 0.4) is 0 Å². The molecule has 1 aromatic carbocycles. The van der Waals surface area contributed by atoms with Crippen molar-refractivity contribution in [2.75, 3.05) is 6.61 Å². The first-order valence-corrected chi connectivity index (χ1v) is 6.28. The Balaban J connectivity index is 2.12. The van der Waals surface area contributed by atoms with Crippen LogP contribution in [0.1, 0.15) is 31.2 Å². The highest BCUT2D eigenvalue weighted by molar-refractivity contribution is 5.16. The molecule has 0 radical (unpaired) electrons. The Morgan fingerprint density at radius 2 is 2.00 bits per heavy atom. The third kappa shape index (κ3) is 2.68. The van der Waals surface area contributed by atoms with Crippen molar-refractivity contribution in [1.82, 2.24) is 0 Å². The van der Waals surface area contributed by atoms with Crippen molar-refractivity contribution in [2.45, 2.75) is 37.7 Å². The molecule has 0 aliphatic heterocycles.